The molecule has 0 aliphatic carbocycles. The molecule has 0 saturated carbocycles. The lowest BCUT2D eigenvalue weighted by molar-refractivity contribution is -0.384. The molecule has 4 nitrogen and oxygen atoms in total. The van der Waals surface area contributed by atoms with Gasteiger partial charge in [-0.2, -0.15) is 0 Å². The first-order valence-corrected chi connectivity index (χ1v) is 6.70. The molecule has 20 heavy (non-hydrogen) atoms. The van der Waals surface area contributed by atoms with Crippen LogP contribution in [0.5, 0.6) is 0 Å². The Morgan fingerprint density at radius 2 is 1.90 bits per heavy atom. The van der Waals surface area contributed by atoms with Gasteiger partial charge in [0.1, 0.15) is 5.82 Å². The molecular formula is C14H12BrFN2O2. The van der Waals surface area contributed by atoms with E-state index in [1.54, 1.807) is 24.3 Å². The van der Waals surface area contributed by atoms with E-state index in [0.717, 1.165) is 11.1 Å². The van der Waals surface area contributed by atoms with Gasteiger partial charge in [0.2, 0.25) is 0 Å². The average Bonchev–Trinajstić information content (AvgIpc) is 2.42. The summed E-state index contributed by atoms with van der Waals surface area (Å²) in [4.78, 5) is 10.1. The summed E-state index contributed by atoms with van der Waals surface area (Å²) < 4.78 is 13.5. The summed E-state index contributed by atoms with van der Waals surface area (Å²) in [5, 5.41) is 10.6. The Balaban J connectivity index is 2.12. The summed E-state index contributed by atoms with van der Waals surface area (Å²) >= 11 is 3.12. The van der Waals surface area contributed by atoms with Crippen LogP contribution in [0.15, 0.2) is 46.9 Å². The van der Waals surface area contributed by atoms with Gasteiger partial charge in [-0.1, -0.05) is 18.2 Å². The van der Waals surface area contributed by atoms with E-state index < -0.39 is 4.92 Å². The first kappa shape index (κ1) is 14.6. The minimum absolute atomic E-state index is 0.0480. The van der Waals surface area contributed by atoms with Crippen LogP contribution in [0.3, 0.4) is 0 Å². The van der Waals surface area contributed by atoms with Crippen molar-refractivity contribution >= 4 is 21.6 Å². The van der Waals surface area contributed by atoms with Crippen molar-refractivity contribution in [3.8, 4) is 0 Å². The van der Waals surface area contributed by atoms with Gasteiger partial charge in [0, 0.05) is 18.2 Å². The van der Waals surface area contributed by atoms with E-state index in [0.29, 0.717) is 10.9 Å². The monoisotopic (exact) mass is 338 g/mol. The molecule has 0 aromatic heterocycles. The van der Waals surface area contributed by atoms with Gasteiger partial charge in [-0.3, -0.25) is 10.1 Å². The molecule has 2 aromatic carbocycles. The number of hydrogen-bond donors (Lipinski definition) is 1. The molecule has 0 heterocycles. The molecule has 2 N–H and O–H groups in total. The van der Waals surface area contributed by atoms with Crippen LogP contribution in [0.4, 0.5) is 10.1 Å². The smallest absolute Gasteiger partial charge is 0.269 e. The standard InChI is InChI=1S/C14H12BrFN2O2/c15-12-8-10(3-6-13(12)16)14(17)7-9-1-4-11(5-2-9)18(19)20/h1-6,8,14H,7,17H2. The van der Waals surface area contributed by atoms with Gasteiger partial charge in [0.15, 0.2) is 0 Å². The summed E-state index contributed by atoms with van der Waals surface area (Å²) in [6, 6.07) is 10.6. The molecule has 1 atom stereocenters. The van der Waals surface area contributed by atoms with Gasteiger partial charge in [-0.25, -0.2) is 4.39 Å². The molecule has 0 aliphatic rings. The zero-order chi connectivity index (χ0) is 14.7. The molecule has 6 heteroatoms. The molecule has 0 fully saturated rings. The Labute approximate surface area is 123 Å². The molecule has 2 aromatic rings. The quantitative estimate of drug-likeness (QED) is 0.681. The Kier molecular flexibility index (Phi) is 4.46. The van der Waals surface area contributed by atoms with E-state index in [4.69, 9.17) is 5.73 Å². The Morgan fingerprint density at radius 3 is 2.45 bits per heavy atom. The highest BCUT2D eigenvalue weighted by Crippen LogP contribution is 2.23. The minimum Gasteiger partial charge on any atom is -0.324 e. The van der Waals surface area contributed by atoms with E-state index in [-0.39, 0.29) is 17.5 Å². The Bertz CT molecular complexity index is 632. The first-order valence-electron chi connectivity index (χ1n) is 5.91. The second-order valence-corrected chi connectivity index (χ2v) is 5.26. The van der Waals surface area contributed by atoms with E-state index in [1.165, 1.54) is 18.2 Å². The number of halogens is 2. The number of rotatable bonds is 4. The van der Waals surface area contributed by atoms with Crippen molar-refractivity contribution in [1.29, 1.82) is 0 Å². The zero-order valence-corrected chi connectivity index (χ0v) is 12.0. The van der Waals surface area contributed by atoms with Crippen LogP contribution in [0, 0.1) is 15.9 Å². The van der Waals surface area contributed by atoms with Crippen molar-refractivity contribution in [2.24, 2.45) is 5.73 Å². The third-order valence-corrected chi connectivity index (χ3v) is 3.58. The van der Waals surface area contributed by atoms with Crippen molar-refractivity contribution in [1.82, 2.24) is 0 Å². The molecule has 2 rings (SSSR count). The van der Waals surface area contributed by atoms with Crippen LogP contribution in [0.2, 0.25) is 0 Å². The van der Waals surface area contributed by atoms with Crippen LogP contribution in [-0.2, 0) is 6.42 Å². The lowest BCUT2D eigenvalue weighted by Gasteiger charge is -2.12. The minimum atomic E-state index is -0.444. The zero-order valence-electron chi connectivity index (χ0n) is 10.4. The fourth-order valence-electron chi connectivity index (χ4n) is 1.87. The largest absolute Gasteiger partial charge is 0.324 e. The molecule has 104 valence electrons. The summed E-state index contributed by atoms with van der Waals surface area (Å²) in [5.41, 5.74) is 7.81. The summed E-state index contributed by atoms with van der Waals surface area (Å²) in [5.74, 6) is -0.337. The second kappa shape index (κ2) is 6.11. The number of nitro groups is 1. The Hall–Kier alpha value is -1.79. The van der Waals surface area contributed by atoms with Gasteiger partial charge in [0.25, 0.3) is 5.69 Å². The van der Waals surface area contributed by atoms with Crippen LogP contribution in [0.25, 0.3) is 0 Å². The number of benzene rings is 2. The number of nitrogens with two attached hydrogens (primary N) is 1. The van der Waals surface area contributed by atoms with Crippen molar-refractivity contribution in [2.45, 2.75) is 12.5 Å². The average molecular weight is 339 g/mol. The van der Waals surface area contributed by atoms with E-state index in [2.05, 4.69) is 15.9 Å². The number of hydrogen-bond acceptors (Lipinski definition) is 3. The van der Waals surface area contributed by atoms with Crippen molar-refractivity contribution < 1.29 is 9.31 Å². The van der Waals surface area contributed by atoms with Gasteiger partial charge in [-0.05, 0) is 45.6 Å². The van der Waals surface area contributed by atoms with Crippen LogP contribution in [0.1, 0.15) is 17.2 Å². The van der Waals surface area contributed by atoms with Crippen molar-refractivity contribution in [2.75, 3.05) is 0 Å². The fourth-order valence-corrected chi connectivity index (χ4v) is 2.27. The van der Waals surface area contributed by atoms with Crippen molar-refractivity contribution in [3.63, 3.8) is 0 Å². The second-order valence-electron chi connectivity index (χ2n) is 4.41. The van der Waals surface area contributed by atoms with E-state index >= 15 is 0 Å². The predicted octanol–water partition coefficient (Wildman–Crippen LogP) is 3.74. The molecule has 0 bridgehead atoms. The third-order valence-electron chi connectivity index (χ3n) is 2.97. The summed E-state index contributed by atoms with van der Waals surface area (Å²) in [7, 11) is 0. The van der Waals surface area contributed by atoms with Gasteiger partial charge in [0.05, 0.1) is 9.40 Å². The third kappa shape index (κ3) is 3.40. The highest BCUT2D eigenvalue weighted by Gasteiger charge is 2.11. The maximum absolute atomic E-state index is 13.2. The molecule has 0 spiro atoms. The molecule has 0 aliphatic heterocycles. The highest BCUT2D eigenvalue weighted by molar-refractivity contribution is 9.10. The summed E-state index contributed by atoms with van der Waals surface area (Å²) in [6.07, 6.45) is 0.524. The van der Waals surface area contributed by atoms with E-state index in [1.807, 2.05) is 0 Å². The van der Waals surface area contributed by atoms with Crippen LogP contribution in [-0.4, -0.2) is 4.92 Å². The van der Waals surface area contributed by atoms with Gasteiger partial charge in [-0.15, -0.1) is 0 Å². The Morgan fingerprint density at radius 1 is 1.25 bits per heavy atom. The molecule has 1 unspecified atom stereocenters. The first-order chi connectivity index (χ1) is 9.47. The molecular weight excluding hydrogens is 327 g/mol. The summed E-state index contributed by atoms with van der Waals surface area (Å²) in [6.45, 7) is 0. The van der Waals surface area contributed by atoms with Crippen molar-refractivity contribution in [3.05, 3.63) is 74.0 Å². The van der Waals surface area contributed by atoms with Gasteiger partial charge < -0.3 is 5.73 Å². The maximum Gasteiger partial charge on any atom is 0.269 e. The van der Waals surface area contributed by atoms with Gasteiger partial charge >= 0.3 is 0 Å². The number of nitro benzene ring substituents is 1. The fraction of sp³-hybridized carbons (Fsp3) is 0.143. The number of nitrogens with zero attached hydrogens (tertiary/aromatic N) is 1. The maximum atomic E-state index is 13.2. The topological polar surface area (TPSA) is 69.2 Å². The van der Waals surface area contributed by atoms with E-state index in [9.17, 15) is 14.5 Å². The van der Waals surface area contributed by atoms with Crippen LogP contribution < -0.4 is 5.73 Å². The SMILES string of the molecule is NC(Cc1ccc([N+](=O)[O-])cc1)c1ccc(F)c(Br)c1. The normalized spacial score (nSPS) is 12.2. The number of non-ortho nitro benzene ring substituents is 1. The lowest BCUT2D eigenvalue weighted by atomic mass is 9.99. The molecule has 0 radical (unpaired) electrons. The molecule has 0 saturated heterocycles. The van der Waals surface area contributed by atoms with Crippen LogP contribution >= 0.6 is 15.9 Å². The predicted molar refractivity (Wildman–Crippen MR) is 77.8 cm³/mol. The lowest BCUT2D eigenvalue weighted by Crippen LogP contribution is -2.13. The highest BCUT2D eigenvalue weighted by atomic mass is 79.9. The molecule has 0 amide bonds.